The number of rotatable bonds is 5. The van der Waals surface area contributed by atoms with Crippen LogP contribution in [-0.2, 0) is 4.79 Å². The van der Waals surface area contributed by atoms with Gasteiger partial charge in [-0.15, -0.1) is 5.10 Å². The zero-order valence-corrected chi connectivity index (χ0v) is 16.6. The maximum atomic E-state index is 12.5. The Hall–Kier alpha value is -2.25. The summed E-state index contributed by atoms with van der Waals surface area (Å²) in [5, 5.41) is 7.45. The average molecular weight is 405 g/mol. The molecule has 27 heavy (non-hydrogen) atoms. The van der Waals surface area contributed by atoms with E-state index < -0.39 is 0 Å². The summed E-state index contributed by atoms with van der Waals surface area (Å²) in [4.78, 5) is 26.9. The molecule has 2 heterocycles. The van der Waals surface area contributed by atoms with Crippen LogP contribution in [0.4, 0.5) is 0 Å². The van der Waals surface area contributed by atoms with Crippen molar-refractivity contribution in [3.05, 3.63) is 51.5 Å². The van der Waals surface area contributed by atoms with E-state index in [4.69, 9.17) is 11.6 Å². The van der Waals surface area contributed by atoms with E-state index >= 15 is 0 Å². The van der Waals surface area contributed by atoms with Crippen molar-refractivity contribution >= 4 is 41.0 Å². The van der Waals surface area contributed by atoms with Crippen molar-refractivity contribution in [2.75, 3.05) is 19.6 Å². The quantitative estimate of drug-likeness (QED) is 0.776. The second-order valence-electron chi connectivity index (χ2n) is 6.52. The van der Waals surface area contributed by atoms with Crippen LogP contribution < -0.4 is 5.32 Å². The Morgan fingerprint density at radius 1 is 1.33 bits per heavy atom. The first kappa shape index (κ1) is 19.5. The van der Waals surface area contributed by atoms with Crippen LogP contribution in [0.25, 0.3) is 6.08 Å². The van der Waals surface area contributed by atoms with Gasteiger partial charge in [0.1, 0.15) is 4.88 Å². The molecule has 0 spiro atoms. The van der Waals surface area contributed by atoms with Crippen LogP contribution in [0.3, 0.4) is 0 Å². The van der Waals surface area contributed by atoms with E-state index in [1.54, 1.807) is 19.1 Å². The highest BCUT2D eigenvalue weighted by Gasteiger charge is 2.26. The van der Waals surface area contributed by atoms with Gasteiger partial charge in [0.25, 0.3) is 5.91 Å². The standard InChI is InChI=1S/C19H21ClN4O2S/c1-13-18(27-23-22-13)19(26)24-10-8-14(9-11-24)12-21-17(25)7-6-15-4-2-3-5-16(15)20/h2-7,14H,8-12H2,1H3,(H,21,25)/b7-6+. The van der Waals surface area contributed by atoms with Gasteiger partial charge in [0.15, 0.2) is 0 Å². The number of amides is 2. The highest BCUT2D eigenvalue weighted by Crippen LogP contribution is 2.21. The van der Waals surface area contributed by atoms with Gasteiger partial charge in [-0.2, -0.15) is 0 Å². The van der Waals surface area contributed by atoms with Crippen LogP contribution in [0.1, 0.15) is 33.8 Å². The van der Waals surface area contributed by atoms with E-state index in [0.29, 0.717) is 41.1 Å². The molecule has 3 rings (SSSR count). The molecule has 2 amide bonds. The number of carbonyl (C=O) groups excluding carboxylic acids is 2. The Kier molecular flexibility index (Phi) is 6.58. The summed E-state index contributed by atoms with van der Waals surface area (Å²) in [5.74, 6) is 0.236. The number of carbonyl (C=O) groups is 2. The van der Waals surface area contributed by atoms with Crippen molar-refractivity contribution in [2.24, 2.45) is 5.92 Å². The molecule has 0 bridgehead atoms. The van der Waals surface area contributed by atoms with Gasteiger partial charge in [-0.3, -0.25) is 9.59 Å². The molecule has 0 atom stereocenters. The number of piperidine rings is 1. The third-order valence-corrected chi connectivity index (χ3v) is 5.79. The smallest absolute Gasteiger partial charge is 0.267 e. The number of benzene rings is 1. The van der Waals surface area contributed by atoms with E-state index in [0.717, 1.165) is 29.9 Å². The lowest BCUT2D eigenvalue weighted by Crippen LogP contribution is -2.41. The minimum absolute atomic E-state index is 0.00709. The molecular formula is C19H21ClN4O2S. The average Bonchev–Trinajstić information content (AvgIpc) is 3.11. The fraction of sp³-hybridized carbons (Fsp3) is 0.368. The molecule has 8 heteroatoms. The summed E-state index contributed by atoms with van der Waals surface area (Å²) in [6, 6.07) is 7.38. The normalized spacial score (nSPS) is 15.3. The molecule has 1 aromatic carbocycles. The largest absolute Gasteiger partial charge is 0.352 e. The molecule has 1 aliphatic rings. The molecule has 1 saturated heterocycles. The van der Waals surface area contributed by atoms with E-state index in [1.165, 1.54) is 6.08 Å². The lowest BCUT2D eigenvalue weighted by molar-refractivity contribution is -0.116. The van der Waals surface area contributed by atoms with Crippen molar-refractivity contribution in [2.45, 2.75) is 19.8 Å². The number of hydrogen-bond acceptors (Lipinski definition) is 5. The molecule has 1 aliphatic heterocycles. The van der Waals surface area contributed by atoms with Crippen LogP contribution in [0.15, 0.2) is 30.3 Å². The maximum absolute atomic E-state index is 12.5. The molecule has 0 unspecified atom stereocenters. The SMILES string of the molecule is Cc1nnsc1C(=O)N1CCC(CNC(=O)/C=C/c2ccccc2Cl)CC1. The first-order valence-electron chi connectivity index (χ1n) is 8.83. The molecule has 1 aromatic heterocycles. The van der Waals surface area contributed by atoms with Crippen molar-refractivity contribution in [3.63, 3.8) is 0 Å². The Morgan fingerprint density at radius 3 is 2.74 bits per heavy atom. The number of likely N-dealkylation sites (tertiary alicyclic amines) is 1. The summed E-state index contributed by atoms with van der Waals surface area (Å²) in [6.45, 7) is 3.78. The lowest BCUT2D eigenvalue weighted by atomic mass is 9.96. The van der Waals surface area contributed by atoms with Crippen molar-refractivity contribution in [1.29, 1.82) is 0 Å². The Balaban J connectivity index is 1.43. The van der Waals surface area contributed by atoms with E-state index in [-0.39, 0.29) is 11.8 Å². The van der Waals surface area contributed by atoms with Gasteiger partial charge in [0, 0.05) is 30.7 Å². The van der Waals surface area contributed by atoms with Gasteiger partial charge in [-0.05, 0) is 54.9 Å². The van der Waals surface area contributed by atoms with Crippen LogP contribution in [0, 0.1) is 12.8 Å². The fourth-order valence-electron chi connectivity index (χ4n) is 2.99. The molecule has 2 aromatic rings. The molecule has 0 saturated carbocycles. The predicted molar refractivity (Wildman–Crippen MR) is 107 cm³/mol. The monoisotopic (exact) mass is 404 g/mol. The number of aryl methyl sites for hydroxylation is 1. The summed E-state index contributed by atoms with van der Waals surface area (Å²) in [6.07, 6.45) is 4.95. The second kappa shape index (κ2) is 9.10. The minimum atomic E-state index is -0.139. The number of nitrogens with zero attached hydrogens (tertiary/aromatic N) is 3. The first-order chi connectivity index (χ1) is 13.0. The third kappa shape index (κ3) is 5.14. The highest BCUT2D eigenvalue weighted by molar-refractivity contribution is 7.07. The van der Waals surface area contributed by atoms with Gasteiger partial charge in [0.05, 0.1) is 5.69 Å². The van der Waals surface area contributed by atoms with Gasteiger partial charge in [0.2, 0.25) is 5.91 Å². The molecule has 0 aliphatic carbocycles. The van der Waals surface area contributed by atoms with Crippen LogP contribution >= 0.6 is 23.1 Å². The van der Waals surface area contributed by atoms with Crippen molar-refractivity contribution in [1.82, 2.24) is 19.8 Å². The summed E-state index contributed by atoms with van der Waals surface area (Å²) in [5.41, 5.74) is 1.50. The van der Waals surface area contributed by atoms with Crippen LogP contribution in [-0.4, -0.2) is 45.9 Å². The van der Waals surface area contributed by atoms with E-state index in [1.807, 2.05) is 23.1 Å². The Labute approximate surface area is 167 Å². The molecule has 0 radical (unpaired) electrons. The molecule has 1 fully saturated rings. The summed E-state index contributed by atoms with van der Waals surface area (Å²) in [7, 11) is 0. The number of hydrogen-bond donors (Lipinski definition) is 1. The predicted octanol–water partition coefficient (Wildman–Crippen LogP) is 3.18. The maximum Gasteiger partial charge on any atom is 0.267 e. The zero-order chi connectivity index (χ0) is 19.2. The topological polar surface area (TPSA) is 75.2 Å². The van der Waals surface area contributed by atoms with Gasteiger partial charge < -0.3 is 10.2 Å². The molecule has 142 valence electrons. The molecule has 6 nitrogen and oxygen atoms in total. The number of nitrogens with one attached hydrogen (secondary N) is 1. The second-order valence-corrected chi connectivity index (χ2v) is 7.68. The molecule has 1 N–H and O–H groups in total. The Bertz CT molecular complexity index is 844. The fourth-order valence-corrected chi connectivity index (χ4v) is 3.81. The van der Waals surface area contributed by atoms with Gasteiger partial charge >= 0.3 is 0 Å². The molecular weight excluding hydrogens is 384 g/mol. The minimum Gasteiger partial charge on any atom is -0.352 e. The van der Waals surface area contributed by atoms with Gasteiger partial charge in [-0.1, -0.05) is 34.3 Å². The number of aromatic nitrogens is 2. The Morgan fingerprint density at radius 2 is 2.07 bits per heavy atom. The van der Waals surface area contributed by atoms with Gasteiger partial charge in [-0.25, -0.2) is 0 Å². The highest BCUT2D eigenvalue weighted by atomic mass is 35.5. The third-order valence-electron chi connectivity index (χ3n) is 4.63. The van der Waals surface area contributed by atoms with Crippen molar-refractivity contribution in [3.8, 4) is 0 Å². The van der Waals surface area contributed by atoms with Crippen LogP contribution in [0.5, 0.6) is 0 Å². The van der Waals surface area contributed by atoms with Crippen molar-refractivity contribution < 1.29 is 9.59 Å². The van der Waals surface area contributed by atoms with E-state index in [9.17, 15) is 9.59 Å². The summed E-state index contributed by atoms with van der Waals surface area (Å²) < 4.78 is 3.83. The first-order valence-corrected chi connectivity index (χ1v) is 9.98. The zero-order valence-electron chi connectivity index (χ0n) is 15.0. The van der Waals surface area contributed by atoms with E-state index in [2.05, 4.69) is 14.9 Å². The lowest BCUT2D eigenvalue weighted by Gasteiger charge is -2.31. The number of halogens is 1. The summed E-state index contributed by atoms with van der Waals surface area (Å²) >= 11 is 7.21. The van der Waals surface area contributed by atoms with Crippen LogP contribution in [0.2, 0.25) is 5.02 Å².